The number of aliphatic hydroxyl groups is 2. The summed E-state index contributed by atoms with van der Waals surface area (Å²) in [5.41, 5.74) is 0. The van der Waals surface area contributed by atoms with Gasteiger partial charge in [0.05, 0.1) is 12.2 Å². The summed E-state index contributed by atoms with van der Waals surface area (Å²) >= 11 is 0. The van der Waals surface area contributed by atoms with Gasteiger partial charge in [-0.3, -0.25) is 9.69 Å². The van der Waals surface area contributed by atoms with Gasteiger partial charge in [0.2, 0.25) is 5.91 Å². The summed E-state index contributed by atoms with van der Waals surface area (Å²) in [5, 5.41) is 21.5. The van der Waals surface area contributed by atoms with Crippen molar-refractivity contribution in [2.45, 2.75) is 31.1 Å². The molecule has 0 spiro atoms. The van der Waals surface area contributed by atoms with Crippen molar-refractivity contribution in [3.63, 3.8) is 0 Å². The summed E-state index contributed by atoms with van der Waals surface area (Å²) in [6.45, 7) is 1.75. The minimum atomic E-state index is -0.632. The Morgan fingerprint density at radius 3 is 2.50 bits per heavy atom. The fraction of sp³-hybridized carbons (Fsp3) is 0.889. The minimum Gasteiger partial charge on any atom is -0.389 e. The molecule has 3 unspecified atom stereocenters. The van der Waals surface area contributed by atoms with Gasteiger partial charge in [0.1, 0.15) is 0 Å². The van der Waals surface area contributed by atoms with Gasteiger partial charge in [-0.2, -0.15) is 0 Å². The Labute approximate surface area is 82.7 Å². The van der Waals surface area contributed by atoms with Gasteiger partial charge in [0, 0.05) is 32.1 Å². The molecule has 2 rings (SSSR count). The van der Waals surface area contributed by atoms with Gasteiger partial charge in [0.25, 0.3) is 0 Å². The second-order valence-electron chi connectivity index (χ2n) is 4.16. The molecule has 2 aliphatic rings. The van der Waals surface area contributed by atoms with Crippen LogP contribution in [0.5, 0.6) is 0 Å². The highest BCUT2D eigenvalue weighted by Crippen LogP contribution is 2.14. The Morgan fingerprint density at radius 1 is 1.36 bits per heavy atom. The van der Waals surface area contributed by atoms with Crippen LogP contribution in [0, 0.1) is 0 Å². The van der Waals surface area contributed by atoms with E-state index in [9.17, 15) is 15.0 Å². The molecule has 0 bridgehead atoms. The highest BCUT2D eigenvalue weighted by molar-refractivity contribution is 5.78. The molecule has 80 valence electrons. The summed E-state index contributed by atoms with van der Waals surface area (Å²) in [4.78, 5) is 12.9. The quantitative estimate of drug-likeness (QED) is 0.497. The zero-order valence-electron chi connectivity index (χ0n) is 8.02. The first kappa shape index (κ1) is 9.89. The maximum atomic E-state index is 10.9. The molecule has 5 heteroatoms. The number of hydrogen-bond acceptors (Lipinski definition) is 4. The smallest absolute Gasteiger partial charge is 0.220 e. The van der Waals surface area contributed by atoms with Crippen molar-refractivity contribution < 1.29 is 15.0 Å². The topological polar surface area (TPSA) is 72.8 Å². The Bertz CT molecular complexity index is 224. The van der Waals surface area contributed by atoms with Gasteiger partial charge in [-0.05, 0) is 6.42 Å². The van der Waals surface area contributed by atoms with Gasteiger partial charge in [0.15, 0.2) is 0 Å². The fourth-order valence-electron chi connectivity index (χ4n) is 2.12. The SMILES string of the molecule is O=C1CCC(CN2CC(O)C(O)C2)N1. The van der Waals surface area contributed by atoms with Gasteiger partial charge in [-0.1, -0.05) is 0 Å². The van der Waals surface area contributed by atoms with Crippen LogP contribution in [-0.2, 0) is 4.79 Å². The van der Waals surface area contributed by atoms with Crippen LogP contribution in [0.3, 0.4) is 0 Å². The lowest BCUT2D eigenvalue weighted by molar-refractivity contribution is -0.119. The van der Waals surface area contributed by atoms with Crippen molar-refractivity contribution in [3.8, 4) is 0 Å². The van der Waals surface area contributed by atoms with Gasteiger partial charge in [-0.15, -0.1) is 0 Å². The van der Waals surface area contributed by atoms with Gasteiger partial charge in [-0.25, -0.2) is 0 Å². The van der Waals surface area contributed by atoms with E-state index >= 15 is 0 Å². The average Bonchev–Trinajstić information content (AvgIpc) is 2.62. The molecule has 0 aromatic carbocycles. The Morgan fingerprint density at radius 2 is 2.00 bits per heavy atom. The van der Waals surface area contributed by atoms with Crippen LogP contribution < -0.4 is 5.32 Å². The number of aliphatic hydroxyl groups excluding tert-OH is 2. The number of hydrogen-bond donors (Lipinski definition) is 3. The van der Waals surface area contributed by atoms with Crippen LogP contribution in [0.1, 0.15) is 12.8 Å². The molecule has 0 aliphatic carbocycles. The number of amides is 1. The second-order valence-corrected chi connectivity index (χ2v) is 4.16. The molecule has 2 saturated heterocycles. The van der Waals surface area contributed by atoms with E-state index in [1.54, 1.807) is 0 Å². The predicted molar refractivity (Wildman–Crippen MR) is 49.6 cm³/mol. The number of nitrogens with one attached hydrogen (secondary N) is 1. The lowest BCUT2D eigenvalue weighted by atomic mass is 10.2. The van der Waals surface area contributed by atoms with E-state index < -0.39 is 12.2 Å². The number of carbonyl (C=O) groups is 1. The first-order valence-electron chi connectivity index (χ1n) is 5.03. The van der Waals surface area contributed by atoms with Crippen molar-refractivity contribution in [2.24, 2.45) is 0 Å². The number of likely N-dealkylation sites (tertiary alicyclic amines) is 1. The van der Waals surface area contributed by atoms with Crippen LogP contribution >= 0.6 is 0 Å². The Balaban J connectivity index is 1.79. The largest absolute Gasteiger partial charge is 0.389 e. The lowest BCUT2D eigenvalue weighted by Gasteiger charge is -2.19. The zero-order chi connectivity index (χ0) is 10.1. The molecule has 5 nitrogen and oxygen atoms in total. The molecular weight excluding hydrogens is 184 g/mol. The van der Waals surface area contributed by atoms with Crippen molar-refractivity contribution in [1.29, 1.82) is 0 Å². The van der Waals surface area contributed by atoms with E-state index in [0.29, 0.717) is 19.5 Å². The van der Waals surface area contributed by atoms with E-state index in [1.165, 1.54) is 0 Å². The third kappa shape index (κ3) is 2.05. The molecule has 3 atom stereocenters. The molecule has 0 aromatic rings. The summed E-state index contributed by atoms with van der Waals surface area (Å²) in [5.74, 6) is 0.107. The Kier molecular flexibility index (Phi) is 2.71. The fourth-order valence-corrected chi connectivity index (χ4v) is 2.12. The van der Waals surface area contributed by atoms with Crippen molar-refractivity contribution in [2.75, 3.05) is 19.6 Å². The van der Waals surface area contributed by atoms with E-state index in [4.69, 9.17) is 0 Å². The van der Waals surface area contributed by atoms with Crippen molar-refractivity contribution in [1.82, 2.24) is 10.2 Å². The van der Waals surface area contributed by atoms with E-state index in [2.05, 4.69) is 5.32 Å². The van der Waals surface area contributed by atoms with Crippen LogP contribution in [0.4, 0.5) is 0 Å². The van der Waals surface area contributed by atoms with Gasteiger partial charge < -0.3 is 15.5 Å². The molecule has 0 radical (unpaired) electrons. The molecule has 0 saturated carbocycles. The number of β-amino-alcohol motifs (C(OH)–C–C–N with tert-alkyl or cyclic N) is 2. The zero-order valence-corrected chi connectivity index (χ0v) is 8.02. The van der Waals surface area contributed by atoms with Crippen LogP contribution in [0.2, 0.25) is 0 Å². The maximum Gasteiger partial charge on any atom is 0.220 e. The van der Waals surface area contributed by atoms with Crippen LogP contribution in [0.25, 0.3) is 0 Å². The number of carbonyl (C=O) groups excluding carboxylic acids is 1. The standard InChI is InChI=1S/C9H16N2O3/c12-7-4-11(5-8(7)13)3-6-1-2-9(14)10-6/h6-8,12-13H,1-5H2,(H,10,14). The normalized spacial score (nSPS) is 39.0. The molecule has 2 aliphatic heterocycles. The molecular formula is C9H16N2O3. The van der Waals surface area contributed by atoms with Gasteiger partial charge >= 0.3 is 0 Å². The highest BCUT2D eigenvalue weighted by Gasteiger charge is 2.32. The van der Waals surface area contributed by atoms with E-state index in [1.807, 2.05) is 4.90 Å². The van der Waals surface area contributed by atoms with E-state index in [0.717, 1.165) is 13.0 Å². The minimum absolute atomic E-state index is 0.107. The first-order chi connectivity index (χ1) is 6.65. The summed E-state index contributed by atoms with van der Waals surface area (Å²) in [7, 11) is 0. The summed E-state index contributed by atoms with van der Waals surface area (Å²) in [6.07, 6.45) is 0.199. The molecule has 1 amide bonds. The summed E-state index contributed by atoms with van der Waals surface area (Å²) < 4.78 is 0. The Hall–Kier alpha value is -0.650. The third-order valence-electron chi connectivity index (χ3n) is 2.90. The number of rotatable bonds is 2. The van der Waals surface area contributed by atoms with Crippen molar-refractivity contribution >= 4 is 5.91 Å². The maximum absolute atomic E-state index is 10.9. The second kappa shape index (κ2) is 3.84. The van der Waals surface area contributed by atoms with E-state index in [-0.39, 0.29) is 11.9 Å². The molecule has 2 heterocycles. The molecule has 14 heavy (non-hydrogen) atoms. The highest BCUT2D eigenvalue weighted by atomic mass is 16.3. The molecule has 3 N–H and O–H groups in total. The van der Waals surface area contributed by atoms with Crippen LogP contribution in [0.15, 0.2) is 0 Å². The third-order valence-corrected chi connectivity index (χ3v) is 2.90. The predicted octanol–water partition coefficient (Wildman–Crippen LogP) is -1.70. The first-order valence-corrected chi connectivity index (χ1v) is 5.03. The van der Waals surface area contributed by atoms with Crippen LogP contribution in [-0.4, -0.2) is 58.9 Å². The monoisotopic (exact) mass is 200 g/mol. The molecule has 0 aromatic heterocycles. The number of nitrogens with zero attached hydrogens (tertiary/aromatic N) is 1. The average molecular weight is 200 g/mol. The lowest BCUT2D eigenvalue weighted by Crippen LogP contribution is -2.38. The summed E-state index contributed by atoms with van der Waals surface area (Å²) in [6, 6.07) is 0.194. The molecule has 2 fully saturated rings. The van der Waals surface area contributed by atoms with Crippen molar-refractivity contribution in [3.05, 3.63) is 0 Å².